The molecule has 0 radical (unpaired) electrons. The largest absolute Gasteiger partial charge is 0.573 e. The fraction of sp³-hybridized carbons (Fsp3) is 0.333. The fourth-order valence-corrected chi connectivity index (χ4v) is 3.85. The first-order chi connectivity index (χ1) is 15.4. The van der Waals surface area contributed by atoms with Gasteiger partial charge in [-0.3, -0.25) is 0 Å². The quantitative estimate of drug-likeness (QED) is 0.449. The minimum Gasteiger partial charge on any atom is -0.406 e. The van der Waals surface area contributed by atoms with Gasteiger partial charge in [0.2, 0.25) is 5.95 Å². The number of benzene rings is 2. The standard InChI is InChI=1S/C24H25F3N4O/c1-16-7-2-3-8-18(16)15-28-22-14-21(30-23(31-22)29-19-10-4-5-11-19)17-9-6-12-20(13-17)32-24(25,26)27/h2-3,6-9,12-14,19H,4-5,10-11,15H2,1H3,(H2,28,29,30,31). The van der Waals surface area contributed by atoms with Crippen LogP contribution in [0.5, 0.6) is 5.75 Å². The SMILES string of the molecule is Cc1ccccc1CNc1cc(-c2cccc(OC(F)(F)F)c2)nc(NC2CCCC2)n1. The van der Waals surface area contributed by atoms with Gasteiger partial charge in [0.05, 0.1) is 5.69 Å². The number of ether oxygens (including phenoxy) is 1. The highest BCUT2D eigenvalue weighted by molar-refractivity contribution is 5.66. The molecule has 2 N–H and O–H groups in total. The number of aromatic nitrogens is 2. The monoisotopic (exact) mass is 442 g/mol. The lowest BCUT2D eigenvalue weighted by Gasteiger charge is -2.16. The van der Waals surface area contributed by atoms with Crippen LogP contribution in [-0.4, -0.2) is 22.4 Å². The zero-order chi connectivity index (χ0) is 22.6. The van der Waals surface area contributed by atoms with Gasteiger partial charge < -0.3 is 15.4 Å². The molecule has 4 rings (SSSR count). The van der Waals surface area contributed by atoms with E-state index in [2.05, 4.69) is 25.3 Å². The Kier molecular flexibility index (Phi) is 6.48. The normalized spacial score (nSPS) is 14.4. The van der Waals surface area contributed by atoms with Crippen molar-refractivity contribution in [3.63, 3.8) is 0 Å². The maximum absolute atomic E-state index is 12.7. The second-order valence-corrected chi connectivity index (χ2v) is 7.94. The third-order valence-electron chi connectivity index (χ3n) is 5.50. The van der Waals surface area contributed by atoms with Crippen molar-refractivity contribution in [2.24, 2.45) is 0 Å². The van der Waals surface area contributed by atoms with Crippen LogP contribution in [0.2, 0.25) is 0 Å². The predicted octanol–water partition coefficient (Wildman–Crippen LogP) is 6.32. The lowest BCUT2D eigenvalue weighted by atomic mass is 10.1. The molecule has 1 aliphatic carbocycles. The first-order valence-electron chi connectivity index (χ1n) is 10.7. The molecule has 3 aromatic rings. The first-order valence-corrected chi connectivity index (χ1v) is 10.7. The Morgan fingerprint density at radius 2 is 1.78 bits per heavy atom. The third kappa shape index (κ3) is 5.90. The number of nitrogens with one attached hydrogen (secondary N) is 2. The second-order valence-electron chi connectivity index (χ2n) is 7.94. The molecule has 0 saturated heterocycles. The van der Waals surface area contributed by atoms with Crippen molar-refractivity contribution in [3.8, 4) is 17.0 Å². The molecule has 1 heterocycles. The average molecular weight is 442 g/mol. The number of nitrogens with zero attached hydrogens (tertiary/aromatic N) is 2. The van der Waals surface area contributed by atoms with E-state index in [-0.39, 0.29) is 5.75 Å². The second kappa shape index (κ2) is 9.46. The number of aryl methyl sites for hydroxylation is 1. The summed E-state index contributed by atoms with van der Waals surface area (Å²) in [4.78, 5) is 9.18. The number of hydrogen-bond donors (Lipinski definition) is 2. The molecule has 168 valence electrons. The van der Waals surface area contributed by atoms with Crippen LogP contribution in [0.4, 0.5) is 24.9 Å². The van der Waals surface area contributed by atoms with Crippen LogP contribution in [0.1, 0.15) is 36.8 Å². The molecule has 2 aromatic carbocycles. The molecule has 8 heteroatoms. The molecule has 0 bridgehead atoms. The van der Waals surface area contributed by atoms with Gasteiger partial charge in [0, 0.05) is 24.2 Å². The number of halogens is 3. The van der Waals surface area contributed by atoms with Gasteiger partial charge in [0.15, 0.2) is 0 Å². The Hall–Kier alpha value is -3.29. The molecule has 1 aliphatic rings. The minimum absolute atomic E-state index is 0.284. The summed E-state index contributed by atoms with van der Waals surface area (Å²) in [7, 11) is 0. The zero-order valence-corrected chi connectivity index (χ0v) is 17.7. The summed E-state index contributed by atoms with van der Waals surface area (Å²) in [6, 6.07) is 15.9. The van der Waals surface area contributed by atoms with Crippen molar-refractivity contribution < 1.29 is 17.9 Å². The Morgan fingerprint density at radius 3 is 2.53 bits per heavy atom. The van der Waals surface area contributed by atoms with Crippen molar-refractivity contribution in [3.05, 3.63) is 65.7 Å². The summed E-state index contributed by atoms with van der Waals surface area (Å²) in [5.74, 6) is 0.776. The van der Waals surface area contributed by atoms with E-state index in [1.54, 1.807) is 12.1 Å². The summed E-state index contributed by atoms with van der Waals surface area (Å²) in [6.07, 6.45) is -0.332. The van der Waals surface area contributed by atoms with Gasteiger partial charge in [-0.1, -0.05) is 49.2 Å². The van der Waals surface area contributed by atoms with Gasteiger partial charge in [-0.05, 0) is 43.0 Å². The van der Waals surface area contributed by atoms with Gasteiger partial charge >= 0.3 is 6.36 Å². The van der Waals surface area contributed by atoms with E-state index in [9.17, 15) is 13.2 Å². The summed E-state index contributed by atoms with van der Waals surface area (Å²) in [5, 5.41) is 6.71. The third-order valence-corrected chi connectivity index (χ3v) is 5.50. The maximum Gasteiger partial charge on any atom is 0.573 e. The van der Waals surface area contributed by atoms with Crippen molar-refractivity contribution >= 4 is 11.8 Å². The zero-order valence-electron chi connectivity index (χ0n) is 17.7. The number of alkyl halides is 3. The van der Waals surface area contributed by atoms with Crippen LogP contribution >= 0.6 is 0 Å². The molecule has 0 spiro atoms. The van der Waals surface area contributed by atoms with Gasteiger partial charge in [-0.15, -0.1) is 13.2 Å². The highest BCUT2D eigenvalue weighted by atomic mass is 19.4. The smallest absolute Gasteiger partial charge is 0.406 e. The fourth-order valence-electron chi connectivity index (χ4n) is 3.85. The van der Waals surface area contributed by atoms with E-state index in [1.807, 2.05) is 31.2 Å². The van der Waals surface area contributed by atoms with Gasteiger partial charge in [0.1, 0.15) is 11.6 Å². The topological polar surface area (TPSA) is 59.1 Å². The molecular formula is C24H25F3N4O. The van der Waals surface area contributed by atoms with E-state index >= 15 is 0 Å². The molecule has 0 aliphatic heterocycles. The first kappa shape index (κ1) is 21.9. The van der Waals surface area contributed by atoms with E-state index in [0.717, 1.165) is 36.8 Å². The van der Waals surface area contributed by atoms with Crippen molar-refractivity contribution in [2.45, 2.75) is 51.6 Å². The molecule has 1 aromatic heterocycles. The van der Waals surface area contributed by atoms with Crippen molar-refractivity contribution in [2.75, 3.05) is 10.6 Å². The highest BCUT2D eigenvalue weighted by Crippen LogP contribution is 2.29. The van der Waals surface area contributed by atoms with Crippen LogP contribution in [0.25, 0.3) is 11.3 Å². The molecule has 0 atom stereocenters. The number of rotatable bonds is 7. The molecule has 0 amide bonds. The Bertz CT molecular complexity index is 1070. The highest BCUT2D eigenvalue weighted by Gasteiger charge is 2.31. The van der Waals surface area contributed by atoms with Gasteiger partial charge in [-0.2, -0.15) is 4.98 Å². The number of hydrogen-bond acceptors (Lipinski definition) is 5. The Morgan fingerprint density at radius 1 is 1.00 bits per heavy atom. The Balaban J connectivity index is 1.62. The van der Waals surface area contributed by atoms with Crippen LogP contribution in [0.15, 0.2) is 54.6 Å². The van der Waals surface area contributed by atoms with E-state index < -0.39 is 6.36 Å². The Labute approximate surface area is 185 Å². The van der Waals surface area contributed by atoms with Gasteiger partial charge in [0.25, 0.3) is 0 Å². The lowest BCUT2D eigenvalue weighted by molar-refractivity contribution is -0.274. The van der Waals surface area contributed by atoms with Gasteiger partial charge in [-0.25, -0.2) is 4.98 Å². The summed E-state index contributed by atoms with van der Waals surface area (Å²) >= 11 is 0. The molecule has 32 heavy (non-hydrogen) atoms. The lowest BCUT2D eigenvalue weighted by Crippen LogP contribution is -2.18. The summed E-state index contributed by atoms with van der Waals surface area (Å²) in [6.45, 7) is 2.62. The molecular weight excluding hydrogens is 417 g/mol. The van der Waals surface area contributed by atoms with Crippen LogP contribution in [0, 0.1) is 6.92 Å². The van der Waals surface area contributed by atoms with Crippen molar-refractivity contribution in [1.82, 2.24) is 9.97 Å². The van der Waals surface area contributed by atoms with Crippen LogP contribution in [0.3, 0.4) is 0 Å². The van der Waals surface area contributed by atoms with Crippen LogP contribution in [-0.2, 0) is 6.54 Å². The molecule has 0 unspecified atom stereocenters. The van der Waals surface area contributed by atoms with E-state index in [1.165, 1.54) is 18.2 Å². The molecule has 1 fully saturated rings. The number of anilines is 2. The van der Waals surface area contributed by atoms with Crippen molar-refractivity contribution in [1.29, 1.82) is 0 Å². The van der Waals surface area contributed by atoms with E-state index in [4.69, 9.17) is 0 Å². The van der Waals surface area contributed by atoms with E-state index in [0.29, 0.717) is 35.6 Å². The average Bonchev–Trinajstić information content (AvgIpc) is 3.25. The minimum atomic E-state index is -4.75. The maximum atomic E-state index is 12.7. The summed E-state index contributed by atoms with van der Waals surface area (Å²) in [5.41, 5.74) is 3.33. The predicted molar refractivity (Wildman–Crippen MR) is 119 cm³/mol. The molecule has 1 saturated carbocycles. The molecule has 5 nitrogen and oxygen atoms in total. The van der Waals surface area contributed by atoms with Crippen LogP contribution < -0.4 is 15.4 Å². The summed E-state index contributed by atoms with van der Waals surface area (Å²) < 4.78 is 42.0.